The van der Waals surface area contributed by atoms with Crippen molar-refractivity contribution >= 4 is 22.4 Å². The molecule has 0 aliphatic heterocycles. The highest BCUT2D eigenvalue weighted by atomic mass is 35.5. The summed E-state index contributed by atoms with van der Waals surface area (Å²) in [5, 5.41) is 9.04. The Morgan fingerprint density at radius 2 is 2.00 bits per heavy atom. The predicted octanol–water partition coefficient (Wildman–Crippen LogP) is 3.16. The summed E-state index contributed by atoms with van der Waals surface area (Å²) in [6, 6.07) is 5.35. The summed E-state index contributed by atoms with van der Waals surface area (Å²) in [6.07, 6.45) is -1.71. The van der Waals surface area contributed by atoms with Crippen LogP contribution in [0.3, 0.4) is 0 Å². The van der Waals surface area contributed by atoms with Crippen molar-refractivity contribution in [1.29, 1.82) is 5.26 Å². The molecule has 0 spiro atoms. The quantitative estimate of drug-likeness (QED) is 0.474. The Morgan fingerprint density at radius 1 is 1.27 bits per heavy atom. The van der Waals surface area contributed by atoms with Crippen molar-refractivity contribution in [2.75, 3.05) is 13.4 Å². The van der Waals surface area contributed by atoms with Gasteiger partial charge in [-0.1, -0.05) is 11.6 Å². The van der Waals surface area contributed by atoms with Crippen LogP contribution in [0, 0.1) is 11.3 Å². The molecule has 2 aromatic heterocycles. The summed E-state index contributed by atoms with van der Waals surface area (Å²) in [5.74, 6) is -1.38. The molecule has 1 atom stereocenters. The third-order valence-electron chi connectivity index (χ3n) is 4.08. The smallest absolute Gasteiger partial charge is 0.437 e. The third-order valence-corrected chi connectivity index (χ3v) is 5.01. The molecule has 0 amide bonds. The molecule has 3 aromatic rings. The normalized spacial score (nSPS) is 12.2. The molecule has 1 aromatic carbocycles. The molecular formula is C19H13ClF3N5O4S. The lowest BCUT2D eigenvalue weighted by atomic mass is 10.2. The molecule has 14 heteroatoms. The van der Waals surface area contributed by atoms with E-state index in [4.69, 9.17) is 26.3 Å². The van der Waals surface area contributed by atoms with Crippen molar-refractivity contribution in [2.24, 2.45) is 0 Å². The van der Waals surface area contributed by atoms with Crippen molar-refractivity contribution in [2.45, 2.75) is 17.9 Å². The van der Waals surface area contributed by atoms with Gasteiger partial charge in [0.1, 0.15) is 5.75 Å². The summed E-state index contributed by atoms with van der Waals surface area (Å²) >= 11 is 5.87. The van der Waals surface area contributed by atoms with Crippen LogP contribution in [-0.4, -0.2) is 37.1 Å². The lowest BCUT2D eigenvalue weighted by molar-refractivity contribution is -0.142. The summed E-state index contributed by atoms with van der Waals surface area (Å²) < 4.78 is 63.3. The van der Waals surface area contributed by atoms with Crippen LogP contribution in [0.25, 0.3) is 0 Å². The van der Waals surface area contributed by atoms with Gasteiger partial charge in [0.2, 0.25) is 16.8 Å². The minimum Gasteiger partial charge on any atom is -0.481 e. The molecule has 1 unspecified atom stereocenters. The highest BCUT2D eigenvalue weighted by molar-refractivity contribution is 7.84. The van der Waals surface area contributed by atoms with E-state index < -0.39 is 34.0 Å². The Hall–Kier alpha value is -3.50. The fourth-order valence-electron chi connectivity index (χ4n) is 2.66. The van der Waals surface area contributed by atoms with Crippen molar-refractivity contribution in [3.8, 4) is 23.4 Å². The molecule has 3 rings (SSSR count). The number of nitriles is 1. The molecule has 0 radical (unpaired) electrons. The standard InChI is InChI=1S/C19H13ClF3N5O4S/c1-31-16-11(7-25-18(27-16)33(2)30)8-28-9-26-15(19(21,22)23)14(17(28)29)32-13-4-10(6-24)3-12(20)5-13/h3-5,7,9H,8H2,1-2H3. The lowest BCUT2D eigenvalue weighted by Crippen LogP contribution is -2.27. The lowest BCUT2D eigenvalue weighted by Gasteiger charge is -2.15. The number of methoxy groups -OCH3 is 1. The number of ether oxygens (including phenoxy) is 2. The summed E-state index contributed by atoms with van der Waals surface area (Å²) in [7, 11) is -0.226. The third kappa shape index (κ3) is 5.47. The molecule has 9 nitrogen and oxygen atoms in total. The van der Waals surface area contributed by atoms with Crippen LogP contribution >= 0.6 is 11.6 Å². The van der Waals surface area contributed by atoms with Crippen LogP contribution in [-0.2, 0) is 23.5 Å². The van der Waals surface area contributed by atoms with Gasteiger partial charge in [-0.25, -0.2) is 9.97 Å². The predicted molar refractivity (Wildman–Crippen MR) is 110 cm³/mol. The fourth-order valence-corrected chi connectivity index (χ4v) is 3.30. The van der Waals surface area contributed by atoms with E-state index in [0.29, 0.717) is 6.33 Å². The number of rotatable bonds is 6. The molecule has 2 heterocycles. The molecule has 0 fully saturated rings. The average molecular weight is 500 g/mol. The molecule has 0 aliphatic carbocycles. The van der Waals surface area contributed by atoms with Gasteiger partial charge in [-0.15, -0.1) is 0 Å². The number of hydrogen-bond donors (Lipinski definition) is 0. The van der Waals surface area contributed by atoms with Gasteiger partial charge in [-0.3, -0.25) is 13.6 Å². The Balaban J connectivity index is 2.10. The molecule has 172 valence electrons. The van der Waals surface area contributed by atoms with Crippen LogP contribution in [0.4, 0.5) is 13.2 Å². The van der Waals surface area contributed by atoms with Gasteiger partial charge in [0.15, 0.2) is 5.69 Å². The van der Waals surface area contributed by atoms with Crippen molar-refractivity contribution < 1.29 is 26.9 Å². The summed E-state index contributed by atoms with van der Waals surface area (Å²) in [6.45, 7) is -0.320. The van der Waals surface area contributed by atoms with Crippen molar-refractivity contribution in [1.82, 2.24) is 19.5 Å². The summed E-state index contributed by atoms with van der Waals surface area (Å²) in [4.78, 5) is 24.2. The maximum atomic E-state index is 13.5. The zero-order valence-electron chi connectivity index (χ0n) is 16.9. The van der Waals surface area contributed by atoms with E-state index in [1.165, 1.54) is 25.6 Å². The molecule has 0 saturated carbocycles. The minimum absolute atomic E-state index is 0.0158. The Morgan fingerprint density at radius 3 is 2.61 bits per heavy atom. The van der Waals surface area contributed by atoms with Crippen LogP contribution in [0.15, 0.2) is 40.7 Å². The number of alkyl halides is 3. The molecule has 0 N–H and O–H groups in total. The molecule has 0 aliphatic rings. The molecule has 33 heavy (non-hydrogen) atoms. The largest absolute Gasteiger partial charge is 0.481 e. The van der Waals surface area contributed by atoms with E-state index in [1.807, 2.05) is 0 Å². The van der Waals surface area contributed by atoms with Crippen molar-refractivity contribution in [3.63, 3.8) is 0 Å². The van der Waals surface area contributed by atoms with Gasteiger partial charge < -0.3 is 9.47 Å². The maximum Gasteiger partial charge on any atom is 0.437 e. The highest BCUT2D eigenvalue weighted by Gasteiger charge is 2.39. The van der Waals surface area contributed by atoms with Crippen LogP contribution in [0.2, 0.25) is 5.02 Å². The average Bonchev–Trinajstić information content (AvgIpc) is 2.75. The van der Waals surface area contributed by atoms with E-state index in [9.17, 15) is 22.2 Å². The summed E-state index contributed by atoms with van der Waals surface area (Å²) in [5.41, 5.74) is -2.48. The molecular weight excluding hydrogens is 487 g/mol. The fraction of sp³-hybridized carbons (Fsp3) is 0.211. The van der Waals surface area contributed by atoms with E-state index in [0.717, 1.165) is 16.7 Å². The minimum atomic E-state index is -5.00. The van der Waals surface area contributed by atoms with Gasteiger partial charge in [-0.05, 0) is 18.2 Å². The van der Waals surface area contributed by atoms with Gasteiger partial charge in [0.05, 0.1) is 48.0 Å². The SMILES string of the molecule is COc1nc(S(C)=O)ncc1Cn1cnc(C(F)(F)F)c(Oc2cc(Cl)cc(C#N)c2)c1=O. The zero-order valence-corrected chi connectivity index (χ0v) is 18.5. The van der Waals surface area contributed by atoms with Gasteiger partial charge in [0.25, 0.3) is 5.56 Å². The van der Waals surface area contributed by atoms with Gasteiger partial charge >= 0.3 is 6.18 Å². The van der Waals surface area contributed by atoms with E-state index in [-0.39, 0.29) is 39.5 Å². The number of aromatic nitrogens is 4. The van der Waals surface area contributed by atoms with Crippen LogP contribution in [0.1, 0.15) is 16.8 Å². The van der Waals surface area contributed by atoms with Gasteiger partial charge in [0, 0.05) is 17.5 Å². The number of hydrogen-bond acceptors (Lipinski definition) is 8. The zero-order chi connectivity index (χ0) is 24.3. The van der Waals surface area contributed by atoms with Crippen LogP contribution in [0.5, 0.6) is 17.4 Å². The second-order valence-corrected chi connectivity index (χ2v) is 8.09. The first kappa shape index (κ1) is 24.1. The van der Waals surface area contributed by atoms with Crippen LogP contribution < -0.4 is 15.0 Å². The molecule has 0 bridgehead atoms. The van der Waals surface area contributed by atoms with Gasteiger partial charge in [-0.2, -0.15) is 23.4 Å². The number of nitrogens with zero attached hydrogens (tertiary/aromatic N) is 5. The Kier molecular flexibility index (Phi) is 6.99. The number of halogens is 4. The first-order valence-corrected chi connectivity index (χ1v) is 10.8. The highest BCUT2D eigenvalue weighted by Crippen LogP contribution is 2.35. The Bertz CT molecular complexity index is 1340. The second-order valence-electron chi connectivity index (χ2n) is 6.38. The number of benzene rings is 1. The molecule has 0 saturated heterocycles. The second kappa shape index (κ2) is 9.55. The van der Waals surface area contributed by atoms with Crippen molar-refractivity contribution in [3.05, 3.63) is 62.9 Å². The monoisotopic (exact) mass is 499 g/mol. The van der Waals surface area contributed by atoms with E-state index >= 15 is 0 Å². The maximum absolute atomic E-state index is 13.5. The van der Waals surface area contributed by atoms with E-state index in [1.54, 1.807) is 6.07 Å². The first-order chi connectivity index (χ1) is 15.5. The van der Waals surface area contributed by atoms with E-state index in [2.05, 4.69) is 15.0 Å². The topological polar surface area (TPSA) is 120 Å². The first-order valence-electron chi connectivity index (χ1n) is 8.82. The Labute approximate surface area is 191 Å².